The zero-order valence-corrected chi connectivity index (χ0v) is 23.4. The molecule has 4 saturated heterocycles. The molecule has 0 aliphatic carbocycles. The number of fused-ring (bicyclic) bond motifs is 3. The lowest BCUT2D eigenvalue weighted by molar-refractivity contribution is -0.194. The summed E-state index contributed by atoms with van der Waals surface area (Å²) in [5.41, 5.74) is -0.952. The monoisotopic (exact) mass is 548 g/mol. The number of ether oxygens (including phenoxy) is 5. The Labute approximate surface area is 234 Å². The molecular weight excluding hydrogens is 512 g/mol. The third-order valence-electron chi connectivity index (χ3n) is 10.4. The Morgan fingerprint density at radius 2 is 1.85 bits per heavy atom. The van der Waals surface area contributed by atoms with E-state index >= 15 is 0 Å². The first kappa shape index (κ1) is 26.0. The number of para-hydroxylation sites is 1. The van der Waals surface area contributed by atoms with E-state index in [-0.39, 0.29) is 25.2 Å². The number of benzene rings is 2. The van der Waals surface area contributed by atoms with Gasteiger partial charge in [-0.25, -0.2) is 4.79 Å². The molecule has 9 nitrogen and oxygen atoms in total. The standard InChI is InChI=1S/C31H36N2O7/c1-5-28-15-21(18-38-19-36-3)33-24(34)16-29-22-13-9-10-14-23(22)32(2)25(29)30(27(35)37-4,40-31(28,29)33)26(28)39-17-20-11-7-6-8-12-20/h6-14,21,25-26H,5,15-19H2,1-4H3/t21-,25-,26+,28+,29+,30+,31+/m1/s1. The van der Waals surface area contributed by atoms with Gasteiger partial charge in [-0.1, -0.05) is 55.5 Å². The van der Waals surface area contributed by atoms with Gasteiger partial charge in [0.05, 0.1) is 43.2 Å². The van der Waals surface area contributed by atoms with Crippen LogP contribution >= 0.6 is 0 Å². The maximum atomic E-state index is 14.2. The maximum absolute atomic E-state index is 14.2. The third-order valence-corrected chi connectivity index (χ3v) is 10.4. The number of methoxy groups -OCH3 is 2. The molecule has 0 radical (unpaired) electrons. The van der Waals surface area contributed by atoms with E-state index in [0.29, 0.717) is 26.1 Å². The van der Waals surface area contributed by atoms with Gasteiger partial charge >= 0.3 is 5.97 Å². The first-order valence-corrected chi connectivity index (χ1v) is 14.0. The molecule has 2 bridgehead atoms. The van der Waals surface area contributed by atoms with Crippen molar-refractivity contribution in [3.63, 3.8) is 0 Å². The van der Waals surface area contributed by atoms with E-state index in [1.165, 1.54) is 7.11 Å². The fraction of sp³-hybridized carbons (Fsp3) is 0.548. The number of hydrogen-bond acceptors (Lipinski definition) is 8. The highest BCUT2D eigenvalue weighted by Gasteiger charge is 2.98. The second kappa shape index (κ2) is 8.76. The van der Waals surface area contributed by atoms with Crippen molar-refractivity contribution in [3.05, 3.63) is 65.7 Å². The number of nitrogens with zero attached hydrogens (tertiary/aromatic N) is 2. The van der Waals surface area contributed by atoms with Gasteiger partial charge in [-0.3, -0.25) is 4.79 Å². The minimum atomic E-state index is -1.44. The van der Waals surface area contributed by atoms with Gasteiger partial charge in [-0.05, 0) is 30.0 Å². The number of amides is 1. The summed E-state index contributed by atoms with van der Waals surface area (Å²) < 4.78 is 30.8. The molecule has 0 N–H and O–H groups in total. The molecule has 9 heteroatoms. The molecule has 5 heterocycles. The van der Waals surface area contributed by atoms with E-state index in [9.17, 15) is 9.59 Å². The topological polar surface area (TPSA) is 86.8 Å². The van der Waals surface area contributed by atoms with Gasteiger partial charge in [0.1, 0.15) is 12.9 Å². The molecule has 40 heavy (non-hydrogen) atoms. The van der Waals surface area contributed by atoms with Crippen LogP contribution in [-0.2, 0) is 45.3 Å². The Balaban J connectivity index is 1.47. The molecule has 2 spiro atoms. The minimum absolute atomic E-state index is 0.0126. The van der Waals surface area contributed by atoms with Crippen LogP contribution in [0.1, 0.15) is 37.3 Å². The predicted octanol–water partition coefficient (Wildman–Crippen LogP) is 3.00. The Morgan fingerprint density at radius 1 is 1.10 bits per heavy atom. The molecule has 0 aromatic heterocycles. The number of likely N-dealkylation sites (N-methyl/N-ethyl adjacent to an activating group) is 1. The van der Waals surface area contributed by atoms with Crippen LogP contribution in [0, 0.1) is 5.41 Å². The van der Waals surface area contributed by atoms with Crippen LogP contribution in [0.25, 0.3) is 0 Å². The molecule has 7 rings (SSSR count). The largest absolute Gasteiger partial charge is 0.467 e. The molecule has 1 amide bonds. The molecule has 7 atom stereocenters. The molecule has 5 aliphatic rings. The van der Waals surface area contributed by atoms with E-state index in [2.05, 4.69) is 24.0 Å². The second-order valence-corrected chi connectivity index (χ2v) is 11.8. The van der Waals surface area contributed by atoms with Crippen molar-refractivity contribution < 1.29 is 33.3 Å². The normalized spacial score (nSPS) is 38.1. The van der Waals surface area contributed by atoms with Crippen LogP contribution in [0.15, 0.2) is 54.6 Å². The van der Waals surface area contributed by atoms with Gasteiger partial charge in [0.25, 0.3) is 0 Å². The summed E-state index contributed by atoms with van der Waals surface area (Å²) in [7, 11) is 4.98. The van der Waals surface area contributed by atoms with E-state index in [1.807, 2.05) is 54.4 Å². The molecule has 2 aromatic rings. The van der Waals surface area contributed by atoms with Gasteiger partial charge in [-0.2, -0.15) is 0 Å². The van der Waals surface area contributed by atoms with Crippen LogP contribution in [0.2, 0.25) is 0 Å². The summed E-state index contributed by atoms with van der Waals surface area (Å²) in [6.45, 7) is 2.86. The van der Waals surface area contributed by atoms with Crippen molar-refractivity contribution >= 4 is 17.6 Å². The fourth-order valence-corrected chi connectivity index (χ4v) is 9.48. The lowest BCUT2D eigenvalue weighted by Crippen LogP contribution is -2.73. The number of carbonyl (C=O) groups excluding carboxylic acids is 2. The smallest absolute Gasteiger partial charge is 0.343 e. The highest BCUT2D eigenvalue weighted by molar-refractivity contribution is 5.94. The average molecular weight is 549 g/mol. The zero-order valence-electron chi connectivity index (χ0n) is 23.4. The number of anilines is 1. The Morgan fingerprint density at radius 3 is 2.58 bits per heavy atom. The highest BCUT2D eigenvalue weighted by atomic mass is 16.7. The number of carbonyl (C=O) groups is 2. The van der Waals surface area contributed by atoms with Crippen LogP contribution in [-0.4, -0.2) is 81.0 Å². The van der Waals surface area contributed by atoms with Gasteiger partial charge in [0, 0.05) is 26.3 Å². The summed E-state index contributed by atoms with van der Waals surface area (Å²) >= 11 is 0. The summed E-state index contributed by atoms with van der Waals surface area (Å²) in [5, 5.41) is 0. The van der Waals surface area contributed by atoms with E-state index in [1.54, 1.807) is 7.11 Å². The first-order valence-electron chi connectivity index (χ1n) is 14.0. The van der Waals surface area contributed by atoms with Crippen molar-refractivity contribution in [1.82, 2.24) is 4.90 Å². The quantitative estimate of drug-likeness (QED) is 0.269. The third kappa shape index (κ3) is 2.68. The second-order valence-electron chi connectivity index (χ2n) is 11.8. The summed E-state index contributed by atoms with van der Waals surface area (Å²) in [6, 6.07) is 17.4. The van der Waals surface area contributed by atoms with Gasteiger partial charge in [0.2, 0.25) is 11.5 Å². The Bertz CT molecular complexity index is 1350. The lowest BCUT2D eigenvalue weighted by Gasteiger charge is -2.54. The zero-order chi connectivity index (χ0) is 27.9. The maximum Gasteiger partial charge on any atom is 0.343 e. The predicted molar refractivity (Wildman–Crippen MR) is 144 cm³/mol. The highest BCUT2D eigenvalue weighted by Crippen LogP contribution is 2.81. The molecule has 0 saturated carbocycles. The molecule has 4 fully saturated rings. The van der Waals surface area contributed by atoms with Crippen LogP contribution in [0.4, 0.5) is 5.69 Å². The molecular formula is C31H36N2O7. The molecule has 212 valence electrons. The van der Waals surface area contributed by atoms with Crippen molar-refractivity contribution in [2.45, 2.75) is 67.7 Å². The SMILES string of the molecule is CC[C@@]12C[C@H](COCOC)N3C(=O)C[C@]45c6ccccc6N(C)[C@H]4[C@](C(=O)OC)(O[C@@]315)[C@H]2OCc1ccccc1. The van der Waals surface area contributed by atoms with Crippen LogP contribution < -0.4 is 4.90 Å². The molecule has 2 aromatic carbocycles. The van der Waals surface area contributed by atoms with Crippen molar-refractivity contribution in [3.8, 4) is 0 Å². The number of esters is 1. The van der Waals surface area contributed by atoms with E-state index < -0.39 is 40.3 Å². The summed E-state index contributed by atoms with van der Waals surface area (Å²) in [6.07, 6.45) is 0.813. The van der Waals surface area contributed by atoms with Crippen molar-refractivity contribution in [2.24, 2.45) is 5.41 Å². The summed E-state index contributed by atoms with van der Waals surface area (Å²) in [5.74, 6) is -0.446. The van der Waals surface area contributed by atoms with Gasteiger partial charge < -0.3 is 33.5 Å². The number of hydrogen-bond donors (Lipinski definition) is 0. The fourth-order valence-electron chi connectivity index (χ4n) is 9.48. The lowest BCUT2D eigenvalue weighted by atomic mass is 9.50. The van der Waals surface area contributed by atoms with Crippen molar-refractivity contribution in [1.29, 1.82) is 0 Å². The summed E-state index contributed by atoms with van der Waals surface area (Å²) in [4.78, 5) is 32.4. The Hall–Kier alpha value is -2.98. The van der Waals surface area contributed by atoms with Gasteiger partial charge in [-0.15, -0.1) is 0 Å². The van der Waals surface area contributed by atoms with E-state index in [4.69, 9.17) is 23.7 Å². The minimum Gasteiger partial charge on any atom is -0.467 e. The van der Waals surface area contributed by atoms with Gasteiger partial charge in [0.15, 0.2) is 5.72 Å². The van der Waals surface area contributed by atoms with Crippen molar-refractivity contribution in [2.75, 3.05) is 39.6 Å². The Kier molecular flexibility index (Phi) is 5.68. The van der Waals surface area contributed by atoms with Crippen LogP contribution in [0.3, 0.4) is 0 Å². The van der Waals surface area contributed by atoms with E-state index in [0.717, 1.165) is 16.8 Å². The average Bonchev–Trinajstić information content (AvgIpc) is 3.65. The molecule has 0 unspecified atom stereocenters. The molecule has 5 aliphatic heterocycles. The first-order chi connectivity index (χ1) is 19.4. The van der Waals surface area contributed by atoms with Crippen LogP contribution in [0.5, 0.6) is 0 Å². The number of rotatable bonds is 9.